The summed E-state index contributed by atoms with van der Waals surface area (Å²) in [6, 6.07) is 7.83. The number of hydrogen-bond donors (Lipinski definition) is 2. The maximum absolute atomic E-state index is 11.8. The van der Waals surface area contributed by atoms with Crippen LogP contribution in [0.2, 0.25) is 0 Å². The minimum absolute atomic E-state index is 0.00903. The Labute approximate surface area is 150 Å². The lowest BCUT2D eigenvalue weighted by Gasteiger charge is -2.12. The molecule has 0 aliphatic heterocycles. The van der Waals surface area contributed by atoms with E-state index in [-0.39, 0.29) is 17.2 Å². The van der Waals surface area contributed by atoms with E-state index in [1.807, 2.05) is 0 Å². The number of sulfone groups is 1. The highest BCUT2D eigenvalue weighted by Gasteiger charge is 2.16. The number of amides is 1. The predicted molar refractivity (Wildman–Crippen MR) is 95.2 cm³/mol. The largest absolute Gasteiger partial charge is 0.385 e. The molecule has 0 aliphatic rings. The molecule has 0 saturated heterocycles. The average molecular weight is 374 g/mol. The van der Waals surface area contributed by atoms with E-state index < -0.39 is 21.8 Å². The highest BCUT2D eigenvalue weighted by molar-refractivity contribution is 7.91. The second-order valence-electron chi connectivity index (χ2n) is 5.80. The number of benzene rings is 1. The van der Waals surface area contributed by atoms with Crippen LogP contribution in [0.4, 0.5) is 0 Å². The van der Waals surface area contributed by atoms with Crippen LogP contribution in [-0.4, -0.2) is 39.7 Å². The Morgan fingerprint density at radius 1 is 1.27 bits per heavy atom. The third-order valence-electron chi connectivity index (χ3n) is 4.11. The smallest absolute Gasteiger partial charge is 0.248 e. The molecule has 1 unspecified atom stereocenters. The highest BCUT2D eigenvalue weighted by Crippen LogP contribution is 2.20. The highest BCUT2D eigenvalue weighted by atomic mass is 32.2. The molecular formula is C17H18N4O4S. The minimum Gasteiger partial charge on any atom is -0.385 e. The van der Waals surface area contributed by atoms with Crippen LogP contribution in [0, 0.1) is 0 Å². The van der Waals surface area contributed by atoms with Crippen molar-refractivity contribution in [3.05, 3.63) is 54.1 Å². The van der Waals surface area contributed by atoms with Gasteiger partial charge in [0.1, 0.15) is 6.10 Å². The van der Waals surface area contributed by atoms with E-state index >= 15 is 0 Å². The fourth-order valence-electron chi connectivity index (χ4n) is 2.58. The average Bonchev–Trinajstić information content (AvgIpc) is 3.03. The lowest BCUT2D eigenvalue weighted by molar-refractivity contribution is 0.100. The van der Waals surface area contributed by atoms with Gasteiger partial charge < -0.3 is 15.4 Å². The predicted octanol–water partition coefficient (Wildman–Crippen LogP) is 1.06. The first-order chi connectivity index (χ1) is 12.3. The third-order valence-corrected chi connectivity index (χ3v) is 5.83. The van der Waals surface area contributed by atoms with E-state index in [9.17, 15) is 18.3 Å². The fourth-order valence-corrected chi connectivity index (χ4v) is 3.40. The van der Waals surface area contributed by atoms with E-state index in [2.05, 4.69) is 9.97 Å². The standard InChI is InChI=1S/C17H18N4O4S/c1-2-26(24,25)12-4-5-13(19-8-12)16(22)9-21-10-20-14-7-11(17(18)23)3-6-15(14)21/h3-8,10,16,22H,2,9H2,1H3,(H2,18,23). The van der Waals surface area contributed by atoms with Crippen LogP contribution < -0.4 is 5.73 Å². The summed E-state index contributed by atoms with van der Waals surface area (Å²) in [5.41, 5.74) is 7.30. The summed E-state index contributed by atoms with van der Waals surface area (Å²) in [5, 5.41) is 10.4. The second kappa shape index (κ2) is 6.85. The molecule has 136 valence electrons. The van der Waals surface area contributed by atoms with Crippen molar-refractivity contribution in [2.45, 2.75) is 24.5 Å². The number of primary amides is 1. The number of carbonyl (C=O) groups excluding carboxylic acids is 1. The number of aliphatic hydroxyl groups is 1. The first-order valence-corrected chi connectivity index (χ1v) is 9.58. The Morgan fingerprint density at radius 2 is 2.04 bits per heavy atom. The van der Waals surface area contributed by atoms with E-state index in [0.29, 0.717) is 16.8 Å². The quantitative estimate of drug-likeness (QED) is 0.664. The van der Waals surface area contributed by atoms with Crippen molar-refractivity contribution in [1.29, 1.82) is 0 Å². The minimum atomic E-state index is -3.33. The fraction of sp³-hybridized carbons (Fsp3) is 0.235. The van der Waals surface area contributed by atoms with Crippen LogP contribution in [0.3, 0.4) is 0 Å². The summed E-state index contributed by atoms with van der Waals surface area (Å²) in [6.07, 6.45) is 1.86. The molecule has 9 heteroatoms. The Kier molecular flexibility index (Phi) is 4.75. The first-order valence-electron chi connectivity index (χ1n) is 7.93. The molecule has 26 heavy (non-hydrogen) atoms. The van der Waals surface area contributed by atoms with Crippen molar-refractivity contribution in [3.63, 3.8) is 0 Å². The molecule has 1 amide bonds. The molecule has 0 bridgehead atoms. The van der Waals surface area contributed by atoms with Crippen molar-refractivity contribution in [1.82, 2.24) is 14.5 Å². The van der Waals surface area contributed by atoms with Crippen LogP contribution >= 0.6 is 0 Å². The van der Waals surface area contributed by atoms with Crippen molar-refractivity contribution in [2.75, 3.05) is 5.75 Å². The number of aliphatic hydroxyl groups excluding tert-OH is 1. The Morgan fingerprint density at radius 3 is 2.65 bits per heavy atom. The third kappa shape index (κ3) is 3.44. The number of nitrogens with two attached hydrogens (primary N) is 1. The van der Waals surface area contributed by atoms with Gasteiger partial charge in [0.05, 0.1) is 40.2 Å². The number of rotatable bonds is 6. The maximum Gasteiger partial charge on any atom is 0.248 e. The van der Waals surface area contributed by atoms with E-state index in [1.54, 1.807) is 36.0 Å². The maximum atomic E-state index is 11.8. The number of carbonyl (C=O) groups is 1. The van der Waals surface area contributed by atoms with E-state index in [0.717, 1.165) is 5.52 Å². The second-order valence-corrected chi connectivity index (χ2v) is 8.08. The zero-order valence-corrected chi connectivity index (χ0v) is 14.8. The van der Waals surface area contributed by atoms with Crippen molar-refractivity contribution >= 4 is 26.8 Å². The zero-order chi connectivity index (χ0) is 18.9. The molecule has 3 rings (SSSR count). The van der Waals surface area contributed by atoms with Gasteiger partial charge in [-0.2, -0.15) is 0 Å². The molecule has 0 spiro atoms. The van der Waals surface area contributed by atoms with Crippen molar-refractivity contribution in [2.24, 2.45) is 5.73 Å². The van der Waals surface area contributed by atoms with E-state index in [4.69, 9.17) is 5.73 Å². The van der Waals surface area contributed by atoms with Gasteiger partial charge in [0, 0.05) is 11.8 Å². The van der Waals surface area contributed by atoms with Crippen molar-refractivity contribution < 1.29 is 18.3 Å². The lowest BCUT2D eigenvalue weighted by Crippen LogP contribution is -2.11. The number of nitrogens with zero attached hydrogens (tertiary/aromatic N) is 3. The van der Waals surface area contributed by atoms with Gasteiger partial charge in [-0.25, -0.2) is 13.4 Å². The zero-order valence-electron chi connectivity index (χ0n) is 14.0. The number of aromatic nitrogens is 3. The lowest BCUT2D eigenvalue weighted by atomic mass is 10.2. The summed E-state index contributed by atoms with van der Waals surface area (Å²) in [7, 11) is -3.33. The molecule has 0 fully saturated rings. The molecule has 2 aromatic heterocycles. The van der Waals surface area contributed by atoms with Gasteiger partial charge in [-0.15, -0.1) is 0 Å². The number of pyridine rings is 1. The topological polar surface area (TPSA) is 128 Å². The Bertz CT molecular complexity index is 1060. The van der Waals surface area contributed by atoms with Crippen LogP contribution in [-0.2, 0) is 16.4 Å². The van der Waals surface area contributed by atoms with E-state index in [1.165, 1.54) is 18.3 Å². The van der Waals surface area contributed by atoms with Crippen LogP contribution in [0.5, 0.6) is 0 Å². The molecule has 1 atom stereocenters. The Balaban J connectivity index is 1.83. The molecular weight excluding hydrogens is 356 g/mol. The molecule has 1 aromatic carbocycles. The van der Waals surface area contributed by atoms with Gasteiger partial charge in [0.15, 0.2) is 9.84 Å². The SMILES string of the molecule is CCS(=O)(=O)c1ccc(C(O)Cn2cnc3cc(C(N)=O)ccc32)nc1. The van der Waals surface area contributed by atoms with Crippen molar-refractivity contribution in [3.8, 4) is 0 Å². The molecule has 0 radical (unpaired) electrons. The van der Waals surface area contributed by atoms with Gasteiger partial charge in [0.2, 0.25) is 5.91 Å². The van der Waals surface area contributed by atoms with Gasteiger partial charge in [-0.05, 0) is 30.3 Å². The molecule has 0 aliphatic carbocycles. The molecule has 3 N–H and O–H groups in total. The van der Waals surface area contributed by atoms with Crippen LogP contribution in [0.1, 0.15) is 29.1 Å². The summed E-state index contributed by atoms with van der Waals surface area (Å²) in [4.78, 5) is 19.6. The summed E-state index contributed by atoms with van der Waals surface area (Å²) in [6.45, 7) is 1.74. The molecule has 8 nitrogen and oxygen atoms in total. The van der Waals surface area contributed by atoms with Gasteiger partial charge in [0.25, 0.3) is 0 Å². The molecule has 0 saturated carbocycles. The molecule has 2 heterocycles. The molecule has 3 aromatic rings. The number of hydrogen-bond acceptors (Lipinski definition) is 6. The Hall–Kier alpha value is -2.78. The van der Waals surface area contributed by atoms with Crippen LogP contribution in [0.25, 0.3) is 11.0 Å². The number of fused-ring (bicyclic) bond motifs is 1. The number of imidazole rings is 1. The van der Waals surface area contributed by atoms with Crippen LogP contribution in [0.15, 0.2) is 47.8 Å². The van der Waals surface area contributed by atoms with Gasteiger partial charge in [-0.1, -0.05) is 6.92 Å². The van der Waals surface area contributed by atoms with Gasteiger partial charge in [-0.3, -0.25) is 9.78 Å². The summed E-state index contributed by atoms with van der Waals surface area (Å²) in [5.74, 6) is -0.543. The van der Waals surface area contributed by atoms with Gasteiger partial charge >= 0.3 is 0 Å². The first kappa shape index (κ1) is 18.0. The summed E-state index contributed by atoms with van der Waals surface area (Å²) < 4.78 is 25.4. The summed E-state index contributed by atoms with van der Waals surface area (Å²) >= 11 is 0. The monoisotopic (exact) mass is 374 g/mol. The normalized spacial score (nSPS) is 13.0.